The van der Waals surface area contributed by atoms with E-state index in [-0.39, 0.29) is 6.04 Å². The number of hydrogen-bond donors (Lipinski definition) is 2. The molecule has 0 spiro atoms. The first-order valence-electron chi connectivity index (χ1n) is 6.78. The summed E-state index contributed by atoms with van der Waals surface area (Å²) in [5.74, 6) is 0.310. The molecule has 2 aromatic carbocycles. The van der Waals surface area contributed by atoms with Crippen molar-refractivity contribution in [2.75, 3.05) is 13.1 Å². The van der Waals surface area contributed by atoms with E-state index in [0.29, 0.717) is 17.4 Å². The minimum Gasteiger partial charge on any atom is -0.315 e. The van der Waals surface area contributed by atoms with Gasteiger partial charge >= 0.3 is 0 Å². The van der Waals surface area contributed by atoms with E-state index in [1.54, 1.807) is 12.1 Å². The number of fused-ring (bicyclic) bond motifs is 1. The van der Waals surface area contributed by atoms with Crippen molar-refractivity contribution in [1.29, 1.82) is 0 Å². The van der Waals surface area contributed by atoms with Crippen molar-refractivity contribution in [3.63, 3.8) is 0 Å². The van der Waals surface area contributed by atoms with Gasteiger partial charge in [0.2, 0.25) is 10.0 Å². The van der Waals surface area contributed by atoms with Crippen LogP contribution in [0, 0.1) is 5.92 Å². The molecule has 0 aromatic heterocycles. The lowest BCUT2D eigenvalue weighted by atomic mass is 10.1. The average molecular weight is 290 g/mol. The van der Waals surface area contributed by atoms with Gasteiger partial charge in [-0.15, -0.1) is 0 Å². The van der Waals surface area contributed by atoms with Gasteiger partial charge in [-0.2, -0.15) is 0 Å². The van der Waals surface area contributed by atoms with Gasteiger partial charge in [-0.3, -0.25) is 0 Å². The summed E-state index contributed by atoms with van der Waals surface area (Å²) in [4.78, 5) is 0.329. The summed E-state index contributed by atoms with van der Waals surface area (Å²) < 4.78 is 27.7. The zero-order valence-electron chi connectivity index (χ0n) is 11.3. The molecule has 0 bridgehead atoms. The molecule has 1 aliphatic heterocycles. The number of nitrogens with one attached hydrogen (secondary N) is 2. The monoisotopic (exact) mass is 290 g/mol. The van der Waals surface area contributed by atoms with Crippen LogP contribution >= 0.6 is 0 Å². The SMILES string of the molecule is CC1CNCC1NS(=O)(=O)c1ccc2ccccc2c1. The lowest BCUT2D eigenvalue weighted by Gasteiger charge is -2.16. The van der Waals surface area contributed by atoms with E-state index in [2.05, 4.69) is 10.0 Å². The van der Waals surface area contributed by atoms with Gasteiger partial charge in [0.05, 0.1) is 4.90 Å². The maximum atomic E-state index is 12.4. The molecule has 2 atom stereocenters. The predicted octanol–water partition coefficient (Wildman–Crippen LogP) is 1.73. The maximum Gasteiger partial charge on any atom is 0.240 e. The third kappa shape index (κ3) is 2.57. The van der Waals surface area contributed by atoms with Gasteiger partial charge < -0.3 is 5.32 Å². The minimum atomic E-state index is -3.46. The van der Waals surface area contributed by atoms with E-state index in [0.717, 1.165) is 17.3 Å². The summed E-state index contributed by atoms with van der Waals surface area (Å²) in [7, 11) is -3.46. The molecule has 1 saturated heterocycles. The molecule has 2 unspecified atom stereocenters. The number of rotatable bonds is 3. The Morgan fingerprint density at radius 3 is 2.55 bits per heavy atom. The van der Waals surface area contributed by atoms with Crippen LogP contribution < -0.4 is 10.0 Å². The smallest absolute Gasteiger partial charge is 0.240 e. The van der Waals surface area contributed by atoms with Crippen molar-refractivity contribution in [3.05, 3.63) is 42.5 Å². The molecule has 0 amide bonds. The Kier molecular flexibility index (Phi) is 3.50. The molecule has 1 aliphatic rings. The van der Waals surface area contributed by atoms with Crippen LogP contribution in [0.2, 0.25) is 0 Å². The van der Waals surface area contributed by atoms with Crippen molar-refractivity contribution in [2.45, 2.75) is 17.9 Å². The molecule has 4 nitrogen and oxygen atoms in total. The first-order valence-corrected chi connectivity index (χ1v) is 8.26. The second kappa shape index (κ2) is 5.16. The minimum absolute atomic E-state index is 0.0357. The number of hydrogen-bond acceptors (Lipinski definition) is 3. The van der Waals surface area contributed by atoms with Crippen molar-refractivity contribution < 1.29 is 8.42 Å². The summed E-state index contributed by atoms with van der Waals surface area (Å²) >= 11 is 0. The molecule has 2 aromatic rings. The largest absolute Gasteiger partial charge is 0.315 e. The Balaban J connectivity index is 1.92. The van der Waals surface area contributed by atoms with Gasteiger partial charge in [-0.1, -0.05) is 37.3 Å². The van der Waals surface area contributed by atoms with Crippen LogP contribution in [-0.2, 0) is 10.0 Å². The fourth-order valence-electron chi connectivity index (χ4n) is 2.57. The Labute approximate surface area is 119 Å². The summed E-state index contributed by atoms with van der Waals surface area (Å²) in [6.07, 6.45) is 0. The first kappa shape index (κ1) is 13.5. The van der Waals surface area contributed by atoms with Crippen LogP contribution in [0.1, 0.15) is 6.92 Å². The average Bonchev–Trinajstić information content (AvgIpc) is 2.83. The fourth-order valence-corrected chi connectivity index (χ4v) is 3.95. The summed E-state index contributed by atoms with van der Waals surface area (Å²) in [6.45, 7) is 3.59. The van der Waals surface area contributed by atoms with Crippen LogP contribution in [0.5, 0.6) is 0 Å². The zero-order chi connectivity index (χ0) is 14.2. The highest BCUT2D eigenvalue weighted by molar-refractivity contribution is 7.89. The van der Waals surface area contributed by atoms with Crippen LogP contribution in [0.3, 0.4) is 0 Å². The molecule has 2 N–H and O–H groups in total. The van der Waals surface area contributed by atoms with Gasteiger partial charge in [0.15, 0.2) is 0 Å². The van der Waals surface area contributed by atoms with Crippen molar-refractivity contribution >= 4 is 20.8 Å². The Morgan fingerprint density at radius 2 is 1.85 bits per heavy atom. The van der Waals surface area contributed by atoms with Crippen molar-refractivity contribution in [2.24, 2.45) is 5.92 Å². The van der Waals surface area contributed by atoms with Crippen molar-refractivity contribution in [3.8, 4) is 0 Å². The molecule has 5 heteroatoms. The molecular weight excluding hydrogens is 272 g/mol. The van der Waals surface area contributed by atoms with Crippen LogP contribution in [0.25, 0.3) is 10.8 Å². The van der Waals surface area contributed by atoms with Gasteiger partial charge in [-0.05, 0) is 35.4 Å². The summed E-state index contributed by atoms with van der Waals surface area (Å²) in [6, 6.07) is 13.0. The van der Waals surface area contributed by atoms with E-state index in [4.69, 9.17) is 0 Å². The van der Waals surface area contributed by atoms with Gasteiger partial charge in [0.25, 0.3) is 0 Å². The third-order valence-corrected chi connectivity index (χ3v) is 5.34. The Bertz CT molecular complexity index is 727. The van der Waals surface area contributed by atoms with E-state index >= 15 is 0 Å². The second-order valence-corrected chi connectivity index (χ2v) is 7.09. The topological polar surface area (TPSA) is 58.2 Å². The molecule has 1 fully saturated rings. The molecule has 0 radical (unpaired) electrons. The van der Waals surface area contributed by atoms with E-state index in [9.17, 15) is 8.42 Å². The van der Waals surface area contributed by atoms with Gasteiger partial charge in [0, 0.05) is 12.6 Å². The van der Waals surface area contributed by atoms with Crippen molar-refractivity contribution in [1.82, 2.24) is 10.0 Å². The van der Waals surface area contributed by atoms with Gasteiger partial charge in [0.1, 0.15) is 0 Å². The maximum absolute atomic E-state index is 12.4. The first-order chi connectivity index (χ1) is 9.56. The second-order valence-electron chi connectivity index (χ2n) is 5.37. The summed E-state index contributed by atoms with van der Waals surface area (Å²) in [5, 5.41) is 5.18. The fraction of sp³-hybridized carbons (Fsp3) is 0.333. The van der Waals surface area contributed by atoms with Crippen LogP contribution in [0.15, 0.2) is 47.4 Å². The lowest BCUT2D eigenvalue weighted by Crippen LogP contribution is -2.39. The lowest BCUT2D eigenvalue weighted by molar-refractivity contribution is 0.503. The third-order valence-electron chi connectivity index (χ3n) is 3.86. The predicted molar refractivity (Wildman–Crippen MR) is 80.1 cm³/mol. The Morgan fingerprint density at radius 1 is 1.10 bits per heavy atom. The summed E-state index contributed by atoms with van der Waals surface area (Å²) in [5.41, 5.74) is 0. The van der Waals surface area contributed by atoms with E-state index in [1.807, 2.05) is 37.3 Å². The standard InChI is InChI=1S/C15H18N2O2S/c1-11-9-16-10-15(11)17-20(18,19)14-7-6-12-4-2-3-5-13(12)8-14/h2-8,11,15-17H,9-10H2,1H3. The highest BCUT2D eigenvalue weighted by Gasteiger charge is 2.28. The Hall–Kier alpha value is -1.43. The van der Waals surface area contributed by atoms with E-state index in [1.165, 1.54) is 0 Å². The molecule has 0 aliphatic carbocycles. The zero-order valence-corrected chi connectivity index (χ0v) is 12.2. The van der Waals surface area contributed by atoms with E-state index < -0.39 is 10.0 Å². The molecular formula is C15H18N2O2S. The number of sulfonamides is 1. The quantitative estimate of drug-likeness (QED) is 0.905. The molecule has 3 rings (SSSR count). The van der Waals surface area contributed by atoms with Crippen LogP contribution in [0.4, 0.5) is 0 Å². The highest BCUT2D eigenvalue weighted by Crippen LogP contribution is 2.20. The molecule has 20 heavy (non-hydrogen) atoms. The normalized spacial score (nSPS) is 23.2. The number of benzene rings is 2. The molecule has 106 valence electrons. The molecule has 0 saturated carbocycles. The highest BCUT2D eigenvalue weighted by atomic mass is 32.2. The molecule has 1 heterocycles. The van der Waals surface area contributed by atoms with Gasteiger partial charge in [-0.25, -0.2) is 13.1 Å². The van der Waals surface area contributed by atoms with Crippen LogP contribution in [-0.4, -0.2) is 27.5 Å².